The van der Waals surface area contributed by atoms with Crippen molar-refractivity contribution in [3.63, 3.8) is 0 Å². The Balaban J connectivity index is 2.13. The molecular formula is C12H13BrN2S. The van der Waals surface area contributed by atoms with Gasteiger partial charge < -0.3 is 5.32 Å². The molecule has 84 valence electrons. The number of halogens is 1. The van der Waals surface area contributed by atoms with E-state index in [0.717, 1.165) is 10.9 Å². The van der Waals surface area contributed by atoms with Crippen LogP contribution in [0.1, 0.15) is 16.6 Å². The SMILES string of the molecule is CNC(Cc1nccs1)c1ccc(Br)cc1. The predicted molar refractivity (Wildman–Crippen MR) is 71.8 cm³/mol. The van der Waals surface area contributed by atoms with E-state index < -0.39 is 0 Å². The van der Waals surface area contributed by atoms with Crippen LogP contribution in [0.4, 0.5) is 0 Å². The summed E-state index contributed by atoms with van der Waals surface area (Å²) in [4.78, 5) is 4.32. The highest BCUT2D eigenvalue weighted by atomic mass is 79.9. The second-order valence-electron chi connectivity index (χ2n) is 3.52. The Labute approximate surface area is 108 Å². The number of hydrogen-bond acceptors (Lipinski definition) is 3. The minimum atomic E-state index is 0.333. The first-order chi connectivity index (χ1) is 7.79. The van der Waals surface area contributed by atoms with Crippen LogP contribution >= 0.6 is 27.3 Å². The summed E-state index contributed by atoms with van der Waals surface area (Å²) < 4.78 is 1.11. The summed E-state index contributed by atoms with van der Waals surface area (Å²) in [5.74, 6) is 0. The Morgan fingerprint density at radius 3 is 2.69 bits per heavy atom. The molecule has 0 saturated heterocycles. The summed E-state index contributed by atoms with van der Waals surface area (Å²) >= 11 is 5.15. The minimum Gasteiger partial charge on any atom is -0.313 e. The average Bonchev–Trinajstić information content (AvgIpc) is 2.80. The van der Waals surface area contributed by atoms with Crippen molar-refractivity contribution in [1.82, 2.24) is 10.3 Å². The summed E-state index contributed by atoms with van der Waals surface area (Å²) in [6.45, 7) is 0. The maximum atomic E-state index is 4.32. The standard InChI is InChI=1S/C12H13BrN2S/c1-14-11(8-12-15-6-7-16-12)9-2-4-10(13)5-3-9/h2-7,11,14H,8H2,1H3. The van der Waals surface area contributed by atoms with Crippen molar-refractivity contribution in [1.29, 1.82) is 0 Å². The maximum absolute atomic E-state index is 4.32. The van der Waals surface area contributed by atoms with Gasteiger partial charge in [-0.3, -0.25) is 0 Å². The van der Waals surface area contributed by atoms with Gasteiger partial charge in [0.1, 0.15) is 0 Å². The van der Waals surface area contributed by atoms with Gasteiger partial charge >= 0.3 is 0 Å². The number of nitrogens with zero attached hydrogens (tertiary/aromatic N) is 1. The third kappa shape index (κ3) is 2.90. The predicted octanol–water partition coefficient (Wildman–Crippen LogP) is 3.41. The van der Waals surface area contributed by atoms with Gasteiger partial charge in [0.15, 0.2) is 0 Å². The Hall–Kier alpha value is -0.710. The lowest BCUT2D eigenvalue weighted by molar-refractivity contribution is 0.590. The fourth-order valence-electron chi connectivity index (χ4n) is 1.61. The smallest absolute Gasteiger partial charge is 0.0943 e. The van der Waals surface area contributed by atoms with Crippen LogP contribution in [0.3, 0.4) is 0 Å². The van der Waals surface area contributed by atoms with Crippen LogP contribution in [0.2, 0.25) is 0 Å². The lowest BCUT2D eigenvalue weighted by atomic mass is 10.0. The molecule has 4 heteroatoms. The molecule has 16 heavy (non-hydrogen) atoms. The summed E-state index contributed by atoms with van der Waals surface area (Å²) in [6.07, 6.45) is 2.80. The Bertz CT molecular complexity index is 425. The van der Waals surface area contributed by atoms with E-state index in [1.807, 2.05) is 18.6 Å². The number of likely N-dealkylation sites (N-methyl/N-ethyl adjacent to an activating group) is 1. The molecule has 0 aliphatic carbocycles. The number of hydrogen-bond donors (Lipinski definition) is 1. The first-order valence-corrected chi connectivity index (χ1v) is 6.78. The van der Waals surface area contributed by atoms with E-state index in [-0.39, 0.29) is 0 Å². The largest absolute Gasteiger partial charge is 0.313 e. The molecule has 0 bridgehead atoms. The number of aromatic nitrogens is 1. The fourth-order valence-corrected chi connectivity index (χ4v) is 2.54. The number of benzene rings is 1. The quantitative estimate of drug-likeness (QED) is 0.935. The molecule has 1 heterocycles. The van der Waals surface area contributed by atoms with E-state index in [0.29, 0.717) is 6.04 Å². The highest BCUT2D eigenvalue weighted by molar-refractivity contribution is 9.10. The maximum Gasteiger partial charge on any atom is 0.0943 e. The van der Waals surface area contributed by atoms with Gasteiger partial charge in [-0.15, -0.1) is 11.3 Å². The third-order valence-corrected chi connectivity index (χ3v) is 3.81. The number of rotatable bonds is 4. The molecule has 0 saturated carbocycles. The molecule has 1 atom stereocenters. The van der Waals surface area contributed by atoms with Gasteiger partial charge in [-0.05, 0) is 24.7 Å². The van der Waals surface area contributed by atoms with Crippen LogP contribution in [0.15, 0.2) is 40.3 Å². The molecule has 0 aliphatic rings. The Morgan fingerprint density at radius 1 is 1.38 bits per heavy atom. The molecule has 0 spiro atoms. The molecule has 2 nitrogen and oxygen atoms in total. The van der Waals surface area contributed by atoms with Crippen LogP contribution in [0.5, 0.6) is 0 Å². The van der Waals surface area contributed by atoms with Crippen molar-refractivity contribution < 1.29 is 0 Å². The van der Waals surface area contributed by atoms with E-state index in [1.165, 1.54) is 10.6 Å². The Morgan fingerprint density at radius 2 is 2.12 bits per heavy atom. The first kappa shape index (κ1) is 11.8. The van der Waals surface area contributed by atoms with E-state index in [1.54, 1.807) is 11.3 Å². The fraction of sp³-hybridized carbons (Fsp3) is 0.250. The second kappa shape index (κ2) is 5.57. The van der Waals surface area contributed by atoms with E-state index in [9.17, 15) is 0 Å². The summed E-state index contributed by atoms with van der Waals surface area (Å²) in [6, 6.07) is 8.75. The normalized spacial score (nSPS) is 12.6. The van der Waals surface area contributed by atoms with Crippen LogP contribution in [0.25, 0.3) is 0 Å². The first-order valence-electron chi connectivity index (χ1n) is 5.10. The highest BCUT2D eigenvalue weighted by Gasteiger charge is 2.11. The van der Waals surface area contributed by atoms with Crippen molar-refractivity contribution >= 4 is 27.3 Å². The third-order valence-electron chi connectivity index (χ3n) is 2.48. The second-order valence-corrected chi connectivity index (χ2v) is 5.42. The molecule has 0 amide bonds. The number of thiazole rings is 1. The van der Waals surface area contributed by atoms with Gasteiger partial charge in [-0.1, -0.05) is 28.1 Å². The zero-order chi connectivity index (χ0) is 11.4. The molecule has 2 aromatic rings. The lowest BCUT2D eigenvalue weighted by Gasteiger charge is -2.15. The van der Waals surface area contributed by atoms with Crippen molar-refractivity contribution in [3.05, 3.63) is 50.9 Å². The van der Waals surface area contributed by atoms with E-state index in [2.05, 4.69) is 50.5 Å². The van der Waals surface area contributed by atoms with Crippen LogP contribution in [0, 0.1) is 0 Å². The van der Waals surface area contributed by atoms with Gasteiger partial charge in [0.2, 0.25) is 0 Å². The molecule has 1 aromatic heterocycles. The average molecular weight is 297 g/mol. The van der Waals surface area contributed by atoms with Crippen LogP contribution in [-0.2, 0) is 6.42 Å². The summed E-state index contributed by atoms with van der Waals surface area (Å²) in [5.41, 5.74) is 1.29. The van der Waals surface area contributed by atoms with Gasteiger partial charge in [0.25, 0.3) is 0 Å². The molecule has 0 aliphatic heterocycles. The van der Waals surface area contributed by atoms with Crippen LogP contribution in [-0.4, -0.2) is 12.0 Å². The van der Waals surface area contributed by atoms with E-state index >= 15 is 0 Å². The molecular weight excluding hydrogens is 284 g/mol. The van der Waals surface area contributed by atoms with Gasteiger partial charge in [-0.2, -0.15) is 0 Å². The molecule has 2 rings (SSSR count). The number of nitrogens with one attached hydrogen (secondary N) is 1. The monoisotopic (exact) mass is 296 g/mol. The van der Waals surface area contributed by atoms with Crippen molar-refractivity contribution in [3.8, 4) is 0 Å². The zero-order valence-corrected chi connectivity index (χ0v) is 11.4. The summed E-state index contributed by atoms with van der Waals surface area (Å²) in [7, 11) is 1.99. The van der Waals surface area contributed by atoms with Crippen molar-refractivity contribution in [2.75, 3.05) is 7.05 Å². The Kier molecular flexibility index (Phi) is 4.09. The zero-order valence-electron chi connectivity index (χ0n) is 8.98. The van der Waals surface area contributed by atoms with Crippen molar-refractivity contribution in [2.45, 2.75) is 12.5 Å². The topological polar surface area (TPSA) is 24.9 Å². The molecule has 0 fully saturated rings. The molecule has 1 N–H and O–H groups in total. The minimum absolute atomic E-state index is 0.333. The molecule has 0 radical (unpaired) electrons. The van der Waals surface area contributed by atoms with Gasteiger partial charge in [0, 0.05) is 28.5 Å². The molecule has 1 unspecified atom stereocenters. The van der Waals surface area contributed by atoms with Gasteiger partial charge in [0.05, 0.1) is 5.01 Å². The highest BCUT2D eigenvalue weighted by Crippen LogP contribution is 2.21. The summed E-state index contributed by atoms with van der Waals surface area (Å²) in [5, 5.41) is 6.51. The lowest BCUT2D eigenvalue weighted by Crippen LogP contribution is -2.18. The van der Waals surface area contributed by atoms with Gasteiger partial charge in [-0.25, -0.2) is 4.98 Å². The van der Waals surface area contributed by atoms with Crippen LogP contribution < -0.4 is 5.32 Å². The van der Waals surface area contributed by atoms with Crippen molar-refractivity contribution in [2.24, 2.45) is 0 Å². The van der Waals surface area contributed by atoms with E-state index in [4.69, 9.17) is 0 Å². The molecule has 1 aromatic carbocycles.